The van der Waals surface area contributed by atoms with Gasteiger partial charge in [-0.05, 0) is 45.6 Å². The van der Waals surface area contributed by atoms with E-state index in [1.807, 2.05) is 6.92 Å². The maximum Gasteiger partial charge on any atom is 0.231 e. The molecule has 0 aromatic carbocycles. The summed E-state index contributed by atoms with van der Waals surface area (Å²) in [6.45, 7) is 10.2. The molecule has 0 saturated heterocycles. The fraction of sp³-hybridized carbons (Fsp3) is 0.867. The predicted molar refractivity (Wildman–Crippen MR) is 77.6 cm³/mol. The summed E-state index contributed by atoms with van der Waals surface area (Å²) in [6.07, 6.45) is 3.56. The first-order valence-corrected chi connectivity index (χ1v) is 7.85. The van der Waals surface area contributed by atoms with Gasteiger partial charge in [0.05, 0.1) is 5.92 Å². The van der Waals surface area contributed by atoms with Crippen LogP contribution in [0, 0.1) is 5.92 Å². The minimum Gasteiger partial charge on any atom is -0.370 e. The SMILES string of the molecule is CCCNC(C)C(C)c1nc(C(OCC)C2CC2)no1. The Morgan fingerprint density at radius 3 is 2.70 bits per heavy atom. The van der Waals surface area contributed by atoms with Crippen LogP contribution >= 0.6 is 0 Å². The topological polar surface area (TPSA) is 60.2 Å². The lowest BCUT2D eigenvalue weighted by molar-refractivity contribution is 0.0384. The molecule has 1 saturated carbocycles. The molecule has 0 bridgehead atoms. The van der Waals surface area contributed by atoms with Crippen molar-refractivity contribution >= 4 is 0 Å². The molecule has 5 heteroatoms. The van der Waals surface area contributed by atoms with Gasteiger partial charge in [0.1, 0.15) is 6.10 Å². The molecule has 20 heavy (non-hydrogen) atoms. The summed E-state index contributed by atoms with van der Waals surface area (Å²) in [5.74, 6) is 2.22. The average Bonchev–Trinajstić information content (AvgIpc) is 3.18. The predicted octanol–water partition coefficient (Wildman–Crippen LogP) is 3.05. The molecule has 3 atom stereocenters. The van der Waals surface area contributed by atoms with Crippen molar-refractivity contribution in [2.24, 2.45) is 5.92 Å². The summed E-state index contributed by atoms with van der Waals surface area (Å²) < 4.78 is 11.2. The Labute approximate surface area is 121 Å². The number of rotatable bonds is 9. The third kappa shape index (κ3) is 3.79. The third-order valence-corrected chi connectivity index (χ3v) is 3.96. The molecule has 1 fully saturated rings. The summed E-state index contributed by atoms with van der Waals surface area (Å²) in [5.41, 5.74) is 0. The minimum absolute atomic E-state index is 0.0172. The lowest BCUT2D eigenvalue weighted by atomic mass is 10.0. The molecule has 1 N–H and O–H groups in total. The highest BCUT2D eigenvalue weighted by molar-refractivity contribution is 5.02. The summed E-state index contributed by atoms with van der Waals surface area (Å²) in [7, 11) is 0. The lowest BCUT2D eigenvalue weighted by Gasteiger charge is -2.17. The van der Waals surface area contributed by atoms with Crippen molar-refractivity contribution in [3.8, 4) is 0 Å². The van der Waals surface area contributed by atoms with E-state index in [1.54, 1.807) is 0 Å². The van der Waals surface area contributed by atoms with Gasteiger partial charge < -0.3 is 14.6 Å². The van der Waals surface area contributed by atoms with Crippen LogP contribution in [0.5, 0.6) is 0 Å². The molecule has 0 spiro atoms. The molecule has 1 heterocycles. The summed E-state index contributed by atoms with van der Waals surface area (Å²) in [6, 6.07) is 0.328. The zero-order valence-electron chi connectivity index (χ0n) is 13.1. The lowest BCUT2D eigenvalue weighted by Crippen LogP contribution is -2.31. The number of hydrogen-bond donors (Lipinski definition) is 1. The highest BCUT2D eigenvalue weighted by atomic mass is 16.5. The van der Waals surface area contributed by atoms with E-state index in [2.05, 4.69) is 36.2 Å². The molecule has 1 aliphatic rings. The fourth-order valence-corrected chi connectivity index (χ4v) is 2.31. The summed E-state index contributed by atoms with van der Waals surface area (Å²) in [4.78, 5) is 4.58. The van der Waals surface area contributed by atoms with Crippen molar-refractivity contribution in [1.29, 1.82) is 0 Å². The van der Waals surface area contributed by atoms with Crippen molar-refractivity contribution in [3.05, 3.63) is 11.7 Å². The Balaban J connectivity index is 1.99. The molecular formula is C15H27N3O2. The van der Waals surface area contributed by atoms with Gasteiger partial charge in [0.25, 0.3) is 0 Å². The van der Waals surface area contributed by atoms with Gasteiger partial charge in [0, 0.05) is 12.6 Å². The van der Waals surface area contributed by atoms with E-state index in [0.29, 0.717) is 24.5 Å². The van der Waals surface area contributed by atoms with Crippen LogP contribution < -0.4 is 5.32 Å². The van der Waals surface area contributed by atoms with E-state index >= 15 is 0 Å². The molecule has 0 aliphatic heterocycles. The zero-order valence-corrected chi connectivity index (χ0v) is 13.1. The van der Waals surface area contributed by atoms with Gasteiger partial charge in [-0.2, -0.15) is 4.98 Å². The average molecular weight is 281 g/mol. The van der Waals surface area contributed by atoms with E-state index in [-0.39, 0.29) is 12.0 Å². The van der Waals surface area contributed by atoms with Crippen LogP contribution in [-0.2, 0) is 4.74 Å². The second kappa shape index (κ2) is 7.18. The zero-order chi connectivity index (χ0) is 14.5. The van der Waals surface area contributed by atoms with Crippen LogP contribution in [0.25, 0.3) is 0 Å². The van der Waals surface area contributed by atoms with Gasteiger partial charge in [-0.25, -0.2) is 0 Å². The van der Waals surface area contributed by atoms with Crippen molar-refractivity contribution in [3.63, 3.8) is 0 Å². The summed E-state index contributed by atoms with van der Waals surface area (Å²) in [5, 5.41) is 7.61. The maximum absolute atomic E-state index is 5.77. The van der Waals surface area contributed by atoms with Crippen LogP contribution in [0.2, 0.25) is 0 Å². The van der Waals surface area contributed by atoms with Crippen molar-refractivity contribution in [1.82, 2.24) is 15.5 Å². The van der Waals surface area contributed by atoms with E-state index in [0.717, 1.165) is 18.8 Å². The molecule has 1 aliphatic carbocycles. The monoisotopic (exact) mass is 281 g/mol. The largest absolute Gasteiger partial charge is 0.370 e. The first kappa shape index (κ1) is 15.4. The molecule has 0 radical (unpaired) electrons. The molecule has 5 nitrogen and oxygen atoms in total. The van der Waals surface area contributed by atoms with Gasteiger partial charge in [0.15, 0.2) is 0 Å². The van der Waals surface area contributed by atoms with Crippen molar-refractivity contribution < 1.29 is 9.26 Å². The number of ether oxygens (including phenoxy) is 1. The van der Waals surface area contributed by atoms with Crippen LogP contribution in [0.3, 0.4) is 0 Å². The van der Waals surface area contributed by atoms with E-state index in [4.69, 9.17) is 9.26 Å². The van der Waals surface area contributed by atoms with E-state index in [1.165, 1.54) is 12.8 Å². The van der Waals surface area contributed by atoms with Crippen LogP contribution in [0.4, 0.5) is 0 Å². The van der Waals surface area contributed by atoms with Crippen molar-refractivity contribution in [2.75, 3.05) is 13.2 Å². The van der Waals surface area contributed by atoms with Gasteiger partial charge in [-0.15, -0.1) is 0 Å². The third-order valence-electron chi connectivity index (χ3n) is 3.96. The Kier molecular flexibility index (Phi) is 5.54. The number of aromatic nitrogens is 2. The highest BCUT2D eigenvalue weighted by Crippen LogP contribution is 2.42. The first-order chi connectivity index (χ1) is 9.67. The minimum atomic E-state index is 0.0172. The first-order valence-electron chi connectivity index (χ1n) is 7.85. The molecule has 3 unspecified atom stereocenters. The van der Waals surface area contributed by atoms with E-state index in [9.17, 15) is 0 Å². The molecule has 1 aromatic rings. The van der Waals surface area contributed by atoms with Crippen molar-refractivity contribution in [2.45, 2.75) is 65.0 Å². The summed E-state index contributed by atoms with van der Waals surface area (Å²) >= 11 is 0. The highest BCUT2D eigenvalue weighted by Gasteiger charge is 2.36. The van der Waals surface area contributed by atoms with E-state index < -0.39 is 0 Å². The molecule has 0 amide bonds. The number of nitrogens with one attached hydrogen (secondary N) is 1. The maximum atomic E-state index is 5.77. The second-order valence-electron chi connectivity index (χ2n) is 5.74. The van der Waals surface area contributed by atoms with Gasteiger partial charge >= 0.3 is 0 Å². The standard InChI is InChI=1S/C15H27N3O2/c1-5-9-16-11(4)10(3)15-17-14(18-20-15)13(19-6-2)12-7-8-12/h10-13,16H,5-9H2,1-4H3. The van der Waals surface area contributed by atoms with Gasteiger partial charge in [-0.3, -0.25) is 0 Å². The quantitative estimate of drug-likeness (QED) is 0.754. The normalized spacial score (nSPS) is 19.8. The van der Waals surface area contributed by atoms with Crippen LogP contribution in [0.1, 0.15) is 70.7 Å². The van der Waals surface area contributed by atoms with Crippen LogP contribution in [-0.4, -0.2) is 29.3 Å². The van der Waals surface area contributed by atoms with Crippen LogP contribution in [0.15, 0.2) is 4.52 Å². The molecular weight excluding hydrogens is 254 g/mol. The fourth-order valence-electron chi connectivity index (χ4n) is 2.31. The Hall–Kier alpha value is -0.940. The Bertz CT molecular complexity index is 404. The van der Waals surface area contributed by atoms with Gasteiger partial charge in [0.2, 0.25) is 11.7 Å². The molecule has 1 aromatic heterocycles. The molecule has 114 valence electrons. The molecule has 2 rings (SSSR count). The number of hydrogen-bond acceptors (Lipinski definition) is 5. The smallest absolute Gasteiger partial charge is 0.231 e. The second-order valence-corrected chi connectivity index (χ2v) is 5.74. The Morgan fingerprint density at radius 2 is 2.10 bits per heavy atom. The number of nitrogens with zero attached hydrogens (tertiary/aromatic N) is 2. The Morgan fingerprint density at radius 1 is 1.35 bits per heavy atom. The van der Waals surface area contributed by atoms with Gasteiger partial charge in [-0.1, -0.05) is 19.0 Å².